The Hall–Kier alpha value is -6.79. The molecule has 4 amide bonds. The van der Waals surface area contributed by atoms with Gasteiger partial charge in [0.2, 0.25) is 17.5 Å². The average Bonchev–Trinajstić information content (AvgIpc) is 3.65. The number of anilines is 2. The molecule has 5 heterocycles. The lowest BCUT2D eigenvalue weighted by Crippen LogP contribution is -2.76. The van der Waals surface area contributed by atoms with Crippen molar-refractivity contribution in [2.24, 2.45) is 5.73 Å². The van der Waals surface area contributed by atoms with Gasteiger partial charge < -0.3 is 35.6 Å². The second-order valence-corrected chi connectivity index (χ2v) is 23.2. The number of carbonyl (C=O) groups is 4. The zero-order valence-corrected chi connectivity index (χ0v) is 45.8. The quantitative estimate of drug-likeness (QED) is 0.0117. The molecule has 0 atom stereocenters. The maximum atomic E-state index is 13.3. The molecule has 17 heteroatoms. The number of nitrogens with zero attached hydrogens (tertiary/aromatic N) is 5. The second kappa shape index (κ2) is 25.4. The summed E-state index contributed by atoms with van der Waals surface area (Å²) in [6.07, 6.45) is 15.0. The number of hydrogen-bond donors (Lipinski definition) is 5. The summed E-state index contributed by atoms with van der Waals surface area (Å²) in [5, 5.41) is 8.55. The third-order valence-corrected chi connectivity index (χ3v) is 16.2. The Labute approximate surface area is 449 Å². The van der Waals surface area contributed by atoms with Crippen LogP contribution in [0.25, 0.3) is 5.57 Å². The maximum absolute atomic E-state index is 13.3. The van der Waals surface area contributed by atoms with Gasteiger partial charge in [0, 0.05) is 77.9 Å². The first-order valence-electron chi connectivity index (χ1n) is 26.7. The number of quaternary nitrogens is 2. The van der Waals surface area contributed by atoms with Crippen molar-refractivity contribution >= 4 is 62.6 Å². The first kappa shape index (κ1) is 56.9. The highest BCUT2D eigenvalue weighted by molar-refractivity contribution is 7.85. The summed E-state index contributed by atoms with van der Waals surface area (Å²) in [6, 6.07) is 27.8. The minimum absolute atomic E-state index is 0.124. The molecule has 3 aromatic carbocycles. The molecule has 0 unspecified atom stereocenters. The Morgan fingerprint density at radius 3 is 2.24 bits per heavy atom. The zero-order chi connectivity index (χ0) is 54.5. The maximum Gasteiger partial charge on any atom is 0.272 e. The van der Waals surface area contributed by atoms with Gasteiger partial charge in [-0.15, -0.1) is 0 Å². The summed E-state index contributed by atoms with van der Waals surface area (Å²) in [5.74, 6) is -0.982. The number of hydrogen-bond acceptors (Lipinski definition) is 8. The van der Waals surface area contributed by atoms with Crippen molar-refractivity contribution < 1.29 is 45.7 Å². The molecule has 4 aliphatic heterocycles. The molecule has 76 heavy (non-hydrogen) atoms. The van der Waals surface area contributed by atoms with Crippen molar-refractivity contribution in [2.75, 3.05) is 95.0 Å². The van der Waals surface area contributed by atoms with Crippen LogP contribution in [0.3, 0.4) is 0 Å². The molecule has 3 fully saturated rings. The van der Waals surface area contributed by atoms with E-state index in [1.165, 1.54) is 11.1 Å². The van der Waals surface area contributed by atoms with Crippen LogP contribution in [0.1, 0.15) is 98.5 Å². The van der Waals surface area contributed by atoms with Crippen molar-refractivity contribution in [3.05, 3.63) is 149 Å². The van der Waals surface area contributed by atoms with Crippen molar-refractivity contribution in [3.8, 4) is 0 Å². The van der Waals surface area contributed by atoms with E-state index in [1.54, 1.807) is 12.3 Å². The monoisotopic (exact) mass is 1060 g/mol. The van der Waals surface area contributed by atoms with E-state index in [2.05, 4.69) is 71.3 Å². The van der Waals surface area contributed by atoms with Crippen LogP contribution < -0.4 is 26.6 Å². The van der Waals surface area contributed by atoms with E-state index in [0.29, 0.717) is 61.8 Å². The molecule has 0 saturated carbocycles. The predicted molar refractivity (Wildman–Crippen MR) is 301 cm³/mol. The molecule has 3 saturated heterocycles. The topological polar surface area (TPSA) is 204 Å². The lowest BCUT2D eigenvalue weighted by atomic mass is 9.83. The molecule has 404 valence electrons. The van der Waals surface area contributed by atoms with E-state index >= 15 is 0 Å². The molecule has 4 aromatic rings. The molecule has 8 rings (SSSR count). The second-order valence-electron chi connectivity index (χ2n) is 21.6. The summed E-state index contributed by atoms with van der Waals surface area (Å²) in [6.45, 7) is 17.0. The SMILES string of the molecule is CC(C)c1ccccc1[N+](C)=CC=CC(=CC=C1N(CCCS(=O)(=O)O)c2ccccc2C1(C)C)c1ccc(C(=O)NCCCCCC(=O)NCC(=O)Nc2ccc(CC[N+]34CC[N+](CC(N)=O)(CC3)CC4)cc2)cn1. The van der Waals surface area contributed by atoms with Crippen LogP contribution in [0.2, 0.25) is 0 Å². The number of piperazine rings is 3. The molecule has 6 N–H and O–H groups in total. The van der Waals surface area contributed by atoms with E-state index in [1.807, 2.05) is 98.2 Å². The van der Waals surface area contributed by atoms with Crippen LogP contribution in [0.4, 0.5) is 17.1 Å². The van der Waals surface area contributed by atoms with Crippen LogP contribution in [-0.4, -0.2) is 146 Å². The number of pyridine rings is 1. The number of aromatic nitrogens is 1. The van der Waals surface area contributed by atoms with Gasteiger partial charge in [-0.25, -0.2) is 4.58 Å². The number of para-hydroxylation sites is 2. The number of benzene rings is 3. The van der Waals surface area contributed by atoms with Crippen LogP contribution in [0.15, 0.2) is 121 Å². The van der Waals surface area contributed by atoms with Crippen molar-refractivity contribution in [2.45, 2.75) is 77.6 Å². The number of nitrogens with two attached hydrogens (primary N) is 1. The number of fused-ring (bicyclic) bond motifs is 4. The lowest BCUT2D eigenvalue weighted by molar-refractivity contribution is -1.08. The number of amides is 4. The largest absolute Gasteiger partial charge is 0.365 e. The van der Waals surface area contributed by atoms with E-state index < -0.39 is 15.5 Å². The van der Waals surface area contributed by atoms with Crippen molar-refractivity contribution in [1.29, 1.82) is 0 Å². The van der Waals surface area contributed by atoms with Gasteiger partial charge in [-0.05, 0) is 78.8 Å². The summed E-state index contributed by atoms with van der Waals surface area (Å²) in [5.41, 5.74) is 14.2. The van der Waals surface area contributed by atoms with Gasteiger partial charge in [-0.1, -0.05) is 88.7 Å². The van der Waals surface area contributed by atoms with Crippen LogP contribution in [0, 0.1) is 0 Å². The number of allylic oxidation sites excluding steroid dienone is 6. The Bertz CT molecular complexity index is 2940. The highest BCUT2D eigenvalue weighted by Crippen LogP contribution is 2.47. The van der Waals surface area contributed by atoms with Gasteiger partial charge in [0.05, 0.1) is 30.1 Å². The van der Waals surface area contributed by atoms with Crippen LogP contribution in [0.5, 0.6) is 0 Å². The number of rotatable bonds is 25. The Kier molecular flexibility index (Phi) is 19.0. The molecule has 1 aromatic heterocycles. The Morgan fingerprint density at radius 2 is 1.55 bits per heavy atom. The fourth-order valence-corrected chi connectivity index (χ4v) is 11.4. The predicted octanol–water partition coefficient (Wildman–Crippen LogP) is 6.88. The van der Waals surface area contributed by atoms with Crippen LogP contribution >= 0.6 is 0 Å². The Morgan fingerprint density at radius 1 is 0.855 bits per heavy atom. The number of primary amides is 1. The lowest BCUT2D eigenvalue weighted by Gasteiger charge is -2.55. The van der Waals surface area contributed by atoms with E-state index in [9.17, 15) is 32.1 Å². The average molecular weight is 1060 g/mol. The van der Waals surface area contributed by atoms with Gasteiger partial charge in [0.1, 0.15) is 46.3 Å². The molecule has 16 nitrogen and oxygen atoms in total. The number of nitrogens with one attached hydrogen (secondary N) is 3. The van der Waals surface area contributed by atoms with Gasteiger partial charge in [0.15, 0.2) is 12.8 Å². The third-order valence-electron chi connectivity index (χ3n) is 15.4. The highest BCUT2D eigenvalue weighted by Gasteiger charge is 2.49. The summed E-state index contributed by atoms with van der Waals surface area (Å²) in [4.78, 5) is 57.0. The van der Waals surface area contributed by atoms with E-state index in [-0.39, 0.29) is 48.8 Å². The van der Waals surface area contributed by atoms with Crippen molar-refractivity contribution in [1.82, 2.24) is 15.6 Å². The minimum atomic E-state index is -4.13. The van der Waals surface area contributed by atoms with E-state index in [4.69, 9.17) is 10.7 Å². The smallest absolute Gasteiger partial charge is 0.272 e. The molecule has 0 spiro atoms. The number of unbranched alkanes of at least 4 members (excludes halogenated alkanes) is 2. The standard InChI is InChI=1S/C59H75N9O7S/c1-44(2)49-16-8-10-18-52(49)65(5)31-13-15-46(24-28-54-59(3,4)50-17-9-11-19-53(50)66(54)32-14-40-76(73,74)75)51-27-23-47(41-62-51)58(72)61-30-12-6-7-20-56(70)63-42-57(71)64-48-25-21-45(22-26-48)29-33-67-34-37-68(38-35-67,39-36-67)43-55(60)69/h8-11,13,15-19,21-28,31,41,44H,6-7,12,14,20,29-30,32-40,42-43H2,1-5H3,(H3-3,60,61,63,64,69,70,71,72,73,74,75)/p+3. The first-order valence-corrected chi connectivity index (χ1v) is 28.3. The summed E-state index contributed by atoms with van der Waals surface area (Å²) < 4.78 is 36.9. The van der Waals surface area contributed by atoms with Gasteiger partial charge in [0.25, 0.3) is 21.9 Å². The Balaban J connectivity index is 0.884. The summed E-state index contributed by atoms with van der Waals surface area (Å²) in [7, 11) is -2.11. The minimum Gasteiger partial charge on any atom is -0.365 e. The molecular formula is C59H78N9O7S+3. The zero-order valence-electron chi connectivity index (χ0n) is 45.0. The fraction of sp³-hybridized carbons (Fsp3) is 0.424. The number of carbonyl (C=O) groups excluding carboxylic acids is 4. The fourth-order valence-electron chi connectivity index (χ4n) is 10.9. The summed E-state index contributed by atoms with van der Waals surface area (Å²) >= 11 is 0. The highest BCUT2D eigenvalue weighted by atomic mass is 32.2. The van der Waals surface area contributed by atoms with Crippen molar-refractivity contribution in [3.63, 3.8) is 0 Å². The van der Waals surface area contributed by atoms with Crippen LogP contribution in [-0.2, 0) is 36.3 Å². The van der Waals surface area contributed by atoms with Gasteiger partial charge >= 0.3 is 0 Å². The molecule has 0 radical (unpaired) electrons. The third kappa shape index (κ3) is 15.2. The first-order chi connectivity index (χ1) is 36.3. The molecular weight excluding hydrogens is 979 g/mol. The van der Waals surface area contributed by atoms with Gasteiger partial charge in [-0.3, -0.25) is 28.7 Å². The van der Waals surface area contributed by atoms with Gasteiger partial charge in [-0.2, -0.15) is 8.42 Å². The normalized spacial score (nSPS) is 19.8. The van der Waals surface area contributed by atoms with E-state index in [0.717, 1.165) is 89.4 Å². The molecule has 2 bridgehead atoms. The molecule has 4 aliphatic rings. The molecule has 0 aliphatic carbocycles.